The maximum atomic E-state index is 12.9. The van der Waals surface area contributed by atoms with Gasteiger partial charge in [-0.05, 0) is 12.0 Å². The van der Waals surface area contributed by atoms with Crippen LogP contribution in [0.5, 0.6) is 0 Å². The molecule has 0 bridgehead atoms. The van der Waals surface area contributed by atoms with E-state index in [1.54, 1.807) is 41.7 Å². The number of amides is 1. The molecule has 0 aliphatic carbocycles. The van der Waals surface area contributed by atoms with Gasteiger partial charge in [0.05, 0.1) is 17.9 Å². The van der Waals surface area contributed by atoms with Crippen LogP contribution in [0.2, 0.25) is 0 Å². The Balaban J connectivity index is 1.70. The quantitative estimate of drug-likeness (QED) is 0.400. The summed E-state index contributed by atoms with van der Waals surface area (Å²) < 4.78 is 1.93. The fourth-order valence-corrected chi connectivity index (χ4v) is 3.69. The lowest BCUT2D eigenvalue weighted by atomic mass is 9.95. The van der Waals surface area contributed by atoms with Crippen molar-refractivity contribution < 1.29 is 14.7 Å². The number of carbonyl (C=O) groups is 2. The van der Waals surface area contributed by atoms with Crippen molar-refractivity contribution in [3.63, 3.8) is 0 Å². The van der Waals surface area contributed by atoms with Crippen molar-refractivity contribution in [2.24, 2.45) is 0 Å². The molecule has 0 radical (unpaired) electrons. The summed E-state index contributed by atoms with van der Waals surface area (Å²) in [4.78, 5) is 31.3. The van der Waals surface area contributed by atoms with E-state index >= 15 is 0 Å². The van der Waals surface area contributed by atoms with Gasteiger partial charge in [0.1, 0.15) is 5.76 Å². The van der Waals surface area contributed by atoms with E-state index in [4.69, 9.17) is 0 Å². The predicted molar refractivity (Wildman–Crippen MR) is 109 cm³/mol. The van der Waals surface area contributed by atoms with Crippen molar-refractivity contribution in [1.82, 2.24) is 14.5 Å². The standard InChI is InChI=1S/C23H21N3O3/c27-21(18-10-5-2-6-11-18)19-20(17-8-3-1-4-9-17)26(23(29)22(19)28)14-7-13-25-15-12-24-16-25/h1-6,8-12,15-16,20,27H,7,13-14H2/b21-19-. The second kappa shape index (κ2) is 8.14. The summed E-state index contributed by atoms with van der Waals surface area (Å²) >= 11 is 0. The first-order valence-electron chi connectivity index (χ1n) is 9.51. The summed E-state index contributed by atoms with van der Waals surface area (Å²) in [5, 5.41) is 10.9. The summed E-state index contributed by atoms with van der Waals surface area (Å²) in [6.45, 7) is 1.08. The van der Waals surface area contributed by atoms with Crippen molar-refractivity contribution in [3.05, 3.63) is 96.1 Å². The maximum absolute atomic E-state index is 12.9. The topological polar surface area (TPSA) is 75.4 Å². The number of imidazole rings is 1. The lowest BCUT2D eigenvalue weighted by Crippen LogP contribution is -2.31. The van der Waals surface area contributed by atoms with E-state index in [0.29, 0.717) is 25.1 Å². The van der Waals surface area contributed by atoms with E-state index in [1.165, 1.54) is 0 Å². The van der Waals surface area contributed by atoms with Gasteiger partial charge >= 0.3 is 0 Å². The number of benzene rings is 2. The molecule has 29 heavy (non-hydrogen) atoms. The van der Waals surface area contributed by atoms with E-state index in [-0.39, 0.29) is 11.3 Å². The number of aryl methyl sites for hydroxylation is 1. The van der Waals surface area contributed by atoms with Crippen LogP contribution < -0.4 is 0 Å². The van der Waals surface area contributed by atoms with E-state index in [2.05, 4.69) is 4.98 Å². The minimum Gasteiger partial charge on any atom is -0.507 e. The highest BCUT2D eigenvalue weighted by atomic mass is 16.3. The first-order chi connectivity index (χ1) is 14.2. The number of nitrogens with zero attached hydrogens (tertiary/aromatic N) is 3. The Hall–Kier alpha value is -3.67. The van der Waals surface area contributed by atoms with Crippen molar-refractivity contribution in [2.45, 2.75) is 19.0 Å². The summed E-state index contributed by atoms with van der Waals surface area (Å²) in [6.07, 6.45) is 5.95. The van der Waals surface area contributed by atoms with Gasteiger partial charge in [0, 0.05) is 31.0 Å². The number of aliphatic hydroxyl groups is 1. The van der Waals surface area contributed by atoms with Crippen LogP contribution in [-0.4, -0.2) is 37.8 Å². The zero-order valence-corrected chi connectivity index (χ0v) is 15.8. The Morgan fingerprint density at radius 2 is 1.66 bits per heavy atom. The van der Waals surface area contributed by atoms with E-state index in [1.807, 2.05) is 47.2 Å². The van der Waals surface area contributed by atoms with Crippen LogP contribution in [0.15, 0.2) is 85.0 Å². The molecule has 1 aromatic heterocycles. The summed E-state index contributed by atoms with van der Waals surface area (Å²) in [6, 6.07) is 17.6. The zero-order chi connectivity index (χ0) is 20.2. The Morgan fingerprint density at radius 1 is 0.966 bits per heavy atom. The van der Waals surface area contributed by atoms with Gasteiger partial charge in [0.2, 0.25) is 0 Å². The molecule has 6 nitrogen and oxygen atoms in total. The lowest BCUT2D eigenvalue weighted by Gasteiger charge is -2.25. The predicted octanol–water partition coefficient (Wildman–Crippen LogP) is 3.40. The molecule has 1 amide bonds. The largest absolute Gasteiger partial charge is 0.507 e. The number of likely N-dealkylation sites (tertiary alicyclic amines) is 1. The van der Waals surface area contributed by atoms with Crippen molar-refractivity contribution in [2.75, 3.05) is 6.54 Å². The highest BCUT2D eigenvalue weighted by molar-refractivity contribution is 6.46. The average Bonchev–Trinajstić information content (AvgIpc) is 3.37. The number of aromatic nitrogens is 2. The molecular formula is C23H21N3O3. The third-order valence-electron chi connectivity index (χ3n) is 5.08. The van der Waals surface area contributed by atoms with Crippen LogP contribution in [0.1, 0.15) is 23.6 Å². The van der Waals surface area contributed by atoms with E-state index < -0.39 is 17.7 Å². The molecule has 1 aliphatic rings. The lowest BCUT2D eigenvalue weighted by molar-refractivity contribution is -0.139. The number of Topliss-reactive ketones (excluding diaryl/α,β-unsaturated/α-hetero) is 1. The highest BCUT2D eigenvalue weighted by Crippen LogP contribution is 2.39. The van der Waals surface area contributed by atoms with E-state index in [0.717, 1.165) is 5.56 Å². The Bertz CT molecular complexity index is 1030. The highest BCUT2D eigenvalue weighted by Gasteiger charge is 2.45. The van der Waals surface area contributed by atoms with E-state index in [9.17, 15) is 14.7 Å². The fourth-order valence-electron chi connectivity index (χ4n) is 3.69. The van der Waals surface area contributed by atoms with Gasteiger partial charge in [-0.3, -0.25) is 9.59 Å². The van der Waals surface area contributed by atoms with Gasteiger partial charge in [-0.25, -0.2) is 4.98 Å². The molecule has 2 aromatic carbocycles. The van der Waals surface area contributed by atoms with Crippen LogP contribution in [0, 0.1) is 0 Å². The first-order valence-corrected chi connectivity index (χ1v) is 9.51. The number of rotatable bonds is 6. The SMILES string of the molecule is O=C1C(=O)N(CCCn2ccnc2)C(c2ccccc2)/C1=C(/O)c1ccccc1. The molecule has 1 aliphatic heterocycles. The van der Waals surface area contributed by atoms with Crippen LogP contribution >= 0.6 is 0 Å². The molecule has 6 heteroatoms. The first kappa shape index (κ1) is 18.7. The fraction of sp³-hybridized carbons (Fsp3) is 0.174. The smallest absolute Gasteiger partial charge is 0.295 e. The molecule has 1 fully saturated rings. The Morgan fingerprint density at radius 3 is 2.31 bits per heavy atom. The number of carbonyl (C=O) groups excluding carboxylic acids is 2. The van der Waals surface area contributed by atoms with Crippen molar-refractivity contribution in [1.29, 1.82) is 0 Å². The molecule has 2 heterocycles. The second-order valence-corrected chi connectivity index (χ2v) is 6.92. The third kappa shape index (κ3) is 3.69. The normalized spacial score (nSPS) is 18.3. The minimum absolute atomic E-state index is 0.134. The Labute approximate surface area is 168 Å². The number of aliphatic hydroxyl groups excluding tert-OH is 1. The molecular weight excluding hydrogens is 366 g/mol. The van der Waals surface area contributed by atoms with Crippen molar-refractivity contribution >= 4 is 17.4 Å². The third-order valence-corrected chi connectivity index (χ3v) is 5.08. The van der Waals surface area contributed by atoms with Gasteiger partial charge in [0.15, 0.2) is 0 Å². The molecule has 1 N–H and O–H groups in total. The summed E-state index contributed by atoms with van der Waals surface area (Å²) in [5.41, 5.74) is 1.45. The molecule has 3 aromatic rings. The molecule has 1 unspecified atom stereocenters. The van der Waals surface area contributed by atoms with Gasteiger partial charge in [-0.1, -0.05) is 60.7 Å². The molecule has 4 rings (SSSR count). The van der Waals surface area contributed by atoms with Gasteiger partial charge < -0.3 is 14.6 Å². The number of hydrogen-bond donors (Lipinski definition) is 1. The van der Waals surface area contributed by atoms with Crippen LogP contribution in [0.4, 0.5) is 0 Å². The summed E-state index contributed by atoms with van der Waals surface area (Å²) in [5.74, 6) is -1.38. The molecule has 0 spiro atoms. The van der Waals surface area contributed by atoms with Gasteiger partial charge in [-0.15, -0.1) is 0 Å². The number of hydrogen-bond acceptors (Lipinski definition) is 4. The van der Waals surface area contributed by atoms with Crippen LogP contribution in [-0.2, 0) is 16.1 Å². The van der Waals surface area contributed by atoms with Gasteiger partial charge in [0.25, 0.3) is 11.7 Å². The molecule has 1 atom stereocenters. The van der Waals surface area contributed by atoms with Gasteiger partial charge in [-0.2, -0.15) is 0 Å². The molecule has 1 saturated heterocycles. The minimum atomic E-state index is -0.650. The van der Waals surface area contributed by atoms with Crippen LogP contribution in [0.3, 0.4) is 0 Å². The zero-order valence-electron chi connectivity index (χ0n) is 15.8. The van der Waals surface area contributed by atoms with Crippen LogP contribution in [0.25, 0.3) is 5.76 Å². The molecule has 0 saturated carbocycles. The van der Waals surface area contributed by atoms with Crippen molar-refractivity contribution in [3.8, 4) is 0 Å². The number of ketones is 1. The monoisotopic (exact) mass is 387 g/mol. The maximum Gasteiger partial charge on any atom is 0.295 e. The average molecular weight is 387 g/mol. The second-order valence-electron chi connectivity index (χ2n) is 6.92. The summed E-state index contributed by atoms with van der Waals surface area (Å²) in [7, 11) is 0. The Kier molecular flexibility index (Phi) is 5.24. The molecule has 146 valence electrons.